The molecule has 0 spiro atoms. The maximum atomic E-state index is 3.71. The van der Waals surface area contributed by atoms with Crippen LogP contribution in [0.25, 0.3) is 21.5 Å². The third-order valence-corrected chi connectivity index (χ3v) is 7.39. The van der Waals surface area contributed by atoms with Crippen molar-refractivity contribution in [1.82, 2.24) is 0 Å². The Hall–Kier alpha value is -3.00. The van der Waals surface area contributed by atoms with Gasteiger partial charge in [-0.1, -0.05) is 79.2 Å². The van der Waals surface area contributed by atoms with Gasteiger partial charge >= 0.3 is 0 Å². The summed E-state index contributed by atoms with van der Waals surface area (Å²) in [5, 5.41) is 12.3. The number of benzene rings is 4. The number of fused-ring (bicyclic) bond motifs is 4. The normalized spacial score (nSPS) is 21.3. The molecule has 32 heavy (non-hydrogen) atoms. The van der Waals surface area contributed by atoms with Gasteiger partial charge in [0.25, 0.3) is 0 Å². The van der Waals surface area contributed by atoms with Gasteiger partial charge in [0, 0.05) is 35.2 Å². The van der Waals surface area contributed by atoms with E-state index < -0.39 is 0 Å². The van der Waals surface area contributed by atoms with Crippen molar-refractivity contribution in [3.8, 4) is 0 Å². The molecule has 0 saturated heterocycles. The van der Waals surface area contributed by atoms with Gasteiger partial charge < -0.3 is 10.6 Å². The average molecular weight is 423 g/mol. The Bertz CT molecular complexity index is 1170. The quantitative estimate of drug-likeness (QED) is 0.341. The second-order valence-electron chi connectivity index (χ2n) is 9.40. The molecule has 2 aliphatic rings. The summed E-state index contributed by atoms with van der Waals surface area (Å²) < 4.78 is 0. The number of rotatable bonds is 5. The highest BCUT2D eigenvalue weighted by Crippen LogP contribution is 2.48. The van der Waals surface area contributed by atoms with Gasteiger partial charge in [0.2, 0.25) is 0 Å². The molecule has 4 aromatic rings. The van der Waals surface area contributed by atoms with Crippen LogP contribution >= 0.6 is 0 Å². The van der Waals surface area contributed by atoms with Crippen LogP contribution in [0.3, 0.4) is 0 Å². The van der Waals surface area contributed by atoms with E-state index in [1.165, 1.54) is 58.6 Å². The zero-order chi connectivity index (χ0) is 21.8. The second-order valence-corrected chi connectivity index (χ2v) is 9.40. The molecule has 2 saturated carbocycles. The standard InChI is InChI=1S/C18H21N.C12H13N/c1-2-6-17-14(4-1)5-3-7-18(17)19-12-16-11-13-8-9-15(16)10-13;1-2-13-12-9-5-7-10-6-3-4-8-11(10)12/h1-7,13,15-16,19H,8-12H2;3-9,13H,2H2,1H3. The highest BCUT2D eigenvalue weighted by Gasteiger charge is 2.39. The van der Waals surface area contributed by atoms with Crippen LogP contribution in [-0.2, 0) is 0 Å². The van der Waals surface area contributed by atoms with Crippen LogP contribution in [0.1, 0.15) is 32.6 Å². The first kappa shape index (κ1) is 20.9. The minimum Gasteiger partial charge on any atom is -0.385 e. The van der Waals surface area contributed by atoms with E-state index in [1.54, 1.807) is 0 Å². The molecule has 0 aromatic heterocycles. The van der Waals surface area contributed by atoms with Crippen LogP contribution in [0.5, 0.6) is 0 Å². The molecule has 2 fully saturated rings. The predicted octanol–water partition coefficient (Wildman–Crippen LogP) is 7.96. The van der Waals surface area contributed by atoms with Crippen molar-refractivity contribution in [2.75, 3.05) is 23.7 Å². The van der Waals surface area contributed by atoms with Crippen molar-refractivity contribution < 1.29 is 0 Å². The van der Waals surface area contributed by atoms with Crippen molar-refractivity contribution in [3.63, 3.8) is 0 Å². The summed E-state index contributed by atoms with van der Waals surface area (Å²) in [6, 6.07) is 30.0. The molecule has 3 unspecified atom stereocenters. The maximum Gasteiger partial charge on any atom is 0.0419 e. The second kappa shape index (κ2) is 9.65. The number of anilines is 2. The lowest BCUT2D eigenvalue weighted by atomic mass is 9.89. The van der Waals surface area contributed by atoms with Crippen molar-refractivity contribution in [1.29, 1.82) is 0 Å². The summed E-state index contributed by atoms with van der Waals surface area (Å²) in [7, 11) is 0. The van der Waals surface area contributed by atoms with E-state index in [-0.39, 0.29) is 0 Å². The average Bonchev–Trinajstić information content (AvgIpc) is 3.47. The number of hydrogen-bond donors (Lipinski definition) is 2. The van der Waals surface area contributed by atoms with Gasteiger partial charge in [-0.2, -0.15) is 0 Å². The molecule has 3 atom stereocenters. The molecular weight excluding hydrogens is 388 g/mol. The summed E-state index contributed by atoms with van der Waals surface area (Å²) in [6.45, 7) is 4.24. The van der Waals surface area contributed by atoms with Gasteiger partial charge in [0.1, 0.15) is 0 Å². The lowest BCUT2D eigenvalue weighted by molar-refractivity contribution is 0.348. The van der Waals surface area contributed by atoms with E-state index >= 15 is 0 Å². The topological polar surface area (TPSA) is 24.1 Å². The van der Waals surface area contributed by atoms with Gasteiger partial charge in [-0.05, 0) is 66.8 Å². The van der Waals surface area contributed by atoms with Gasteiger partial charge in [-0.25, -0.2) is 0 Å². The van der Waals surface area contributed by atoms with E-state index in [0.29, 0.717) is 0 Å². The third kappa shape index (κ3) is 4.46. The molecule has 0 heterocycles. The molecule has 2 nitrogen and oxygen atoms in total. The Labute approximate surface area is 192 Å². The molecule has 2 bridgehead atoms. The van der Waals surface area contributed by atoms with E-state index in [2.05, 4.69) is 102 Å². The van der Waals surface area contributed by atoms with Crippen LogP contribution in [0.15, 0.2) is 84.9 Å². The minimum atomic E-state index is 0.915. The fraction of sp³-hybridized carbons (Fsp3) is 0.333. The molecule has 0 aliphatic heterocycles. The van der Waals surface area contributed by atoms with Crippen molar-refractivity contribution in [2.24, 2.45) is 17.8 Å². The fourth-order valence-corrected chi connectivity index (χ4v) is 5.82. The van der Waals surface area contributed by atoms with Gasteiger partial charge in [0.05, 0.1) is 0 Å². The Morgan fingerprint density at radius 1 is 0.656 bits per heavy atom. The van der Waals surface area contributed by atoms with E-state index in [0.717, 1.165) is 30.8 Å². The third-order valence-electron chi connectivity index (χ3n) is 7.39. The molecule has 0 amide bonds. The fourth-order valence-electron chi connectivity index (χ4n) is 5.82. The lowest BCUT2D eigenvalue weighted by Gasteiger charge is -2.22. The number of nitrogens with one attached hydrogen (secondary N) is 2. The number of hydrogen-bond acceptors (Lipinski definition) is 2. The molecule has 0 radical (unpaired) electrons. The van der Waals surface area contributed by atoms with Crippen LogP contribution in [0, 0.1) is 17.8 Å². The Morgan fingerprint density at radius 2 is 1.25 bits per heavy atom. The molecule has 164 valence electrons. The Morgan fingerprint density at radius 3 is 1.81 bits per heavy atom. The van der Waals surface area contributed by atoms with E-state index in [4.69, 9.17) is 0 Å². The lowest BCUT2D eigenvalue weighted by Crippen LogP contribution is -2.20. The highest BCUT2D eigenvalue weighted by molar-refractivity contribution is 5.94. The minimum absolute atomic E-state index is 0.915. The summed E-state index contributed by atoms with van der Waals surface area (Å²) in [5.74, 6) is 2.97. The van der Waals surface area contributed by atoms with Crippen LogP contribution in [0.4, 0.5) is 11.4 Å². The van der Waals surface area contributed by atoms with Crippen molar-refractivity contribution in [2.45, 2.75) is 32.6 Å². The molecule has 2 aliphatic carbocycles. The zero-order valence-electron chi connectivity index (χ0n) is 19.1. The molecule has 6 rings (SSSR count). The molecule has 4 aromatic carbocycles. The zero-order valence-corrected chi connectivity index (χ0v) is 19.1. The summed E-state index contributed by atoms with van der Waals surface area (Å²) in [4.78, 5) is 0. The van der Waals surface area contributed by atoms with Crippen LogP contribution in [0.2, 0.25) is 0 Å². The Kier molecular flexibility index (Phi) is 6.29. The molecular formula is C30H34N2. The van der Waals surface area contributed by atoms with E-state index in [1.807, 2.05) is 0 Å². The summed E-state index contributed by atoms with van der Waals surface area (Å²) in [5.41, 5.74) is 2.53. The first-order valence-electron chi connectivity index (χ1n) is 12.2. The van der Waals surface area contributed by atoms with Crippen molar-refractivity contribution >= 4 is 32.9 Å². The Balaban J connectivity index is 0.000000146. The summed E-state index contributed by atoms with van der Waals surface area (Å²) >= 11 is 0. The van der Waals surface area contributed by atoms with Gasteiger partial charge in [0.15, 0.2) is 0 Å². The van der Waals surface area contributed by atoms with Crippen LogP contribution in [-0.4, -0.2) is 13.1 Å². The monoisotopic (exact) mass is 422 g/mol. The highest BCUT2D eigenvalue weighted by atomic mass is 14.9. The largest absolute Gasteiger partial charge is 0.385 e. The molecule has 2 heteroatoms. The van der Waals surface area contributed by atoms with E-state index in [9.17, 15) is 0 Å². The SMILES string of the molecule is CCNc1cccc2ccccc12.c1ccc2c(NCC3CC4CCC3C4)cccc2c1. The smallest absolute Gasteiger partial charge is 0.0419 e. The van der Waals surface area contributed by atoms with Gasteiger partial charge in [-0.3, -0.25) is 0 Å². The van der Waals surface area contributed by atoms with Gasteiger partial charge in [-0.15, -0.1) is 0 Å². The first-order valence-corrected chi connectivity index (χ1v) is 12.2. The predicted molar refractivity (Wildman–Crippen MR) is 139 cm³/mol. The first-order chi connectivity index (χ1) is 15.8. The maximum absolute atomic E-state index is 3.71. The molecule has 2 N–H and O–H groups in total. The van der Waals surface area contributed by atoms with Crippen molar-refractivity contribution in [3.05, 3.63) is 84.9 Å². The van der Waals surface area contributed by atoms with Crippen LogP contribution < -0.4 is 10.6 Å². The summed E-state index contributed by atoms with van der Waals surface area (Å²) in [6.07, 6.45) is 5.94.